The lowest BCUT2D eigenvalue weighted by atomic mass is 9.92. The van der Waals surface area contributed by atoms with Crippen molar-refractivity contribution in [1.29, 1.82) is 0 Å². The summed E-state index contributed by atoms with van der Waals surface area (Å²) in [7, 11) is 0. The Labute approximate surface area is 136 Å². The number of piperidine rings is 1. The standard InChI is InChI=1S/C15H22N4O2.ClH/c1-11-10-12(2-8-17-11)15(21)18-9-5-14(20)19-13-3-6-16-7-4-13;/h3-4,6-7,11-12,17H,2,5,8-10H2,1H3,(H,18,21)(H,16,19,20);1H/t11-,12-;/m0./s1. The van der Waals surface area contributed by atoms with Gasteiger partial charge >= 0.3 is 0 Å². The fraction of sp³-hybridized carbons (Fsp3) is 0.533. The van der Waals surface area contributed by atoms with Gasteiger partial charge in [-0.2, -0.15) is 0 Å². The van der Waals surface area contributed by atoms with Crippen molar-refractivity contribution in [2.24, 2.45) is 5.92 Å². The maximum atomic E-state index is 12.0. The Balaban J connectivity index is 0.00000242. The van der Waals surface area contributed by atoms with Gasteiger partial charge in [-0.1, -0.05) is 0 Å². The molecule has 2 heterocycles. The molecule has 0 bridgehead atoms. The van der Waals surface area contributed by atoms with Crippen LogP contribution in [0.15, 0.2) is 24.5 Å². The summed E-state index contributed by atoms with van der Waals surface area (Å²) in [5.74, 6) is 0.00440. The van der Waals surface area contributed by atoms with Gasteiger partial charge in [0.25, 0.3) is 0 Å². The zero-order chi connectivity index (χ0) is 15.1. The summed E-state index contributed by atoms with van der Waals surface area (Å²) < 4.78 is 0. The van der Waals surface area contributed by atoms with Gasteiger partial charge in [-0.3, -0.25) is 14.6 Å². The minimum Gasteiger partial charge on any atom is -0.355 e. The minimum absolute atomic E-state index is 0. The maximum absolute atomic E-state index is 12.0. The lowest BCUT2D eigenvalue weighted by molar-refractivity contribution is -0.126. The number of anilines is 1. The number of hydrogen-bond donors (Lipinski definition) is 3. The Kier molecular flexibility index (Phi) is 7.84. The van der Waals surface area contributed by atoms with Crippen LogP contribution in [0.25, 0.3) is 0 Å². The Bertz CT molecular complexity index is 484. The molecule has 0 saturated carbocycles. The molecule has 22 heavy (non-hydrogen) atoms. The van der Waals surface area contributed by atoms with Gasteiger partial charge in [-0.15, -0.1) is 12.4 Å². The number of nitrogens with one attached hydrogen (secondary N) is 3. The van der Waals surface area contributed by atoms with E-state index in [1.807, 2.05) is 0 Å². The molecule has 0 radical (unpaired) electrons. The molecule has 2 rings (SSSR count). The number of hydrogen-bond acceptors (Lipinski definition) is 4. The highest BCUT2D eigenvalue weighted by Crippen LogP contribution is 2.15. The first-order chi connectivity index (χ1) is 10.1. The summed E-state index contributed by atoms with van der Waals surface area (Å²) in [4.78, 5) is 27.6. The number of pyridine rings is 1. The summed E-state index contributed by atoms with van der Waals surface area (Å²) in [5, 5.41) is 8.93. The van der Waals surface area contributed by atoms with E-state index in [1.165, 1.54) is 0 Å². The van der Waals surface area contributed by atoms with Crippen LogP contribution in [0.3, 0.4) is 0 Å². The fourth-order valence-corrected chi connectivity index (χ4v) is 2.47. The number of aromatic nitrogens is 1. The normalized spacial score (nSPS) is 20.6. The van der Waals surface area contributed by atoms with Crippen LogP contribution in [0, 0.1) is 5.92 Å². The molecule has 0 aliphatic carbocycles. The highest BCUT2D eigenvalue weighted by Gasteiger charge is 2.24. The van der Waals surface area contributed by atoms with Crippen molar-refractivity contribution in [2.75, 3.05) is 18.4 Å². The van der Waals surface area contributed by atoms with Crippen molar-refractivity contribution in [3.05, 3.63) is 24.5 Å². The monoisotopic (exact) mass is 326 g/mol. The Morgan fingerprint density at radius 1 is 1.36 bits per heavy atom. The average molecular weight is 327 g/mol. The molecule has 1 aromatic heterocycles. The van der Waals surface area contributed by atoms with Crippen molar-refractivity contribution >= 4 is 29.9 Å². The second-order valence-electron chi connectivity index (χ2n) is 5.40. The Morgan fingerprint density at radius 3 is 2.77 bits per heavy atom. The van der Waals surface area contributed by atoms with E-state index in [-0.39, 0.29) is 36.6 Å². The van der Waals surface area contributed by atoms with Crippen LogP contribution in [0.1, 0.15) is 26.2 Å². The van der Waals surface area contributed by atoms with Gasteiger partial charge in [0.1, 0.15) is 0 Å². The van der Waals surface area contributed by atoms with Crippen LogP contribution in [-0.2, 0) is 9.59 Å². The summed E-state index contributed by atoms with van der Waals surface area (Å²) in [6.45, 7) is 3.33. The molecule has 0 aromatic carbocycles. The predicted molar refractivity (Wildman–Crippen MR) is 87.9 cm³/mol. The summed E-state index contributed by atoms with van der Waals surface area (Å²) in [5.41, 5.74) is 0.716. The second kappa shape index (κ2) is 9.38. The van der Waals surface area contributed by atoms with E-state index in [0.29, 0.717) is 18.3 Å². The van der Waals surface area contributed by atoms with E-state index in [0.717, 1.165) is 19.4 Å². The SMILES string of the molecule is C[C@H]1C[C@@H](C(=O)NCCC(=O)Nc2ccncc2)CCN1.Cl. The average Bonchev–Trinajstić information content (AvgIpc) is 2.48. The fourth-order valence-electron chi connectivity index (χ4n) is 2.47. The molecule has 122 valence electrons. The molecule has 1 aromatic rings. The van der Waals surface area contributed by atoms with Gasteiger partial charge in [0.15, 0.2) is 0 Å². The van der Waals surface area contributed by atoms with Crippen LogP contribution in [0.5, 0.6) is 0 Å². The van der Waals surface area contributed by atoms with E-state index < -0.39 is 0 Å². The molecular formula is C15H23ClN4O2. The lowest BCUT2D eigenvalue weighted by Gasteiger charge is -2.27. The molecule has 0 unspecified atom stereocenters. The molecule has 1 fully saturated rings. The highest BCUT2D eigenvalue weighted by molar-refractivity contribution is 5.91. The number of rotatable bonds is 5. The van der Waals surface area contributed by atoms with Crippen LogP contribution < -0.4 is 16.0 Å². The quantitative estimate of drug-likeness (QED) is 0.762. The minimum atomic E-state index is -0.111. The number of halogens is 1. The zero-order valence-electron chi connectivity index (χ0n) is 12.7. The summed E-state index contributed by atoms with van der Waals surface area (Å²) in [6.07, 6.45) is 5.23. The Hall–Kier alpha value is -1.66. The molecule has 0 spiro atoms. The Morgan fingerprint density at radius 2 is 2.09 bits per heavy atom. The third-order valence-corrected chi connectivity index (χ3v) is 3.61. The first-order valence-corrected chi connectivity index (χ1v) is 7.36. The van der Waals surface area contributed by atoms with Gasteiger partial charge in [-0.05, 0) is 38.4 Å². The summed E-state index contributed by atoms with van der Waals surface area (Å²) >= 11 is 0. The molecule has 2 atom stereocenters. The van der Waals surface area contributed by atoms with Gasteiger partial charge < -0.3 is 16.0 Å². The third kappa shape index (κ3) is 5.99. The van der Waals surface area contributed by atoms with E-state index in [4.69, 9.17) is 0 Å². The maximum Gasteiger partial charge on any atom is 0.226 e. The first-order valence-electron chi connectivity index (χ1n) is 7.36. The molecule has 3 N–H and O–H groups in total. The summed E-state index contributed by atoms with van der Waals surface area (Å²) in [6, 6.07) is 3.84. The van der Waals surface area contributed by atoms with E-state index in [9.17, 15) is 9.59 Å². The first kappa shape index (κ1) is 18.4. The third-order valence-electron chi connectivity index (χ3n) is 3.61. The van der Waals surface area contributed by atoms with Crippen molar-refractivity contribution < 1.29 is 9.59 Å². The molecular weight excluding hydrogens is 304 g/mol. The van der Waals surface area contributed by atoms with E-state index >= 15 is 0 Å². The number of nitrogens with zero attached hydrogens (tertiary/aromatic N) is 1. The highest BCUT2D eigenvalue weighted by atomic mass is 35.5. The van der Waals surface area contributed by atoms with Crippen molar-refractivity contribution in [3.8, 4) is 0 Å². The van der Waals surface area contributed by atoms with Crippen LogP contribution in [0.2, 0.25) is 0 Å². The van der Waals surface area contributed by atoms with Crippen molar-refractivity contribution in [1.82, 2.24) is 15.6 Å². The number of amides is 2. The second-order valence-corrected chi connectivity index (χ2v) is 5.40. The number of carbonyl (C=O) groups excluding carboxylic acids is 2. The molecule has 6 nitrogen and oxygen atoms in total. The van der Waals surface area contributed by atoms with Gasteiger partial charge in [0.05, 0.1) is 0 Å². The van der Waals surface area contributed by atoms with E-state index in [2.05, 4.69) is 27.9 Å². The largest absolute Gasteiger partial charge is 0.355 e. The van der Waals surface area contributed by atoms with Crippen molar-refractivity contribution in [3.63, 3.8) is 0 Å². The van der Waals surface area contributed by atoms with Gasteiger partial charge in [-0.25, -0.2) is 0 Å². The molecule has 1 aliphatic heterocycles. The van der Waals surface area contributed by atoms with Gasteiger partial charge in [0.2, 0.25) is 11.8 Å². The molecule has 7 heteroatoms. The van der Waals surface area contributed by atoms with Crippen LogP contribution in [0.4, 0.5) is 5.69 Å². The lowest BCUT2D eigenvalue weighted by Crippen LogP contribution is -2.42. The zero-order valence-corrected chi connectivity index (χ0v) is 13.5. The molecule has 2 amide bonds. The number of carbonyl (C=O) groups is 2. The van der Waals surface area contributed by atoms with Crippen LogP contribution >= 0.6 is 12.4 Å². The van der Waals surface area contributed by atoms with Gasteiger partial charge in [0, 0.05) is 43.0 Å². The molecule has 1 saturated heterocycles. The predicted octanol–water partition coefficient (Wildman–Crippen LogP) is 1.34. The van der Waals surface area contributed by atoms with E-state index in [1.54, 1.807) is 24.5 Å². The van der Waals surface area contributed by atoms with Crippen LogP contribution in [-0.4, -0.2) is 35.9 Å². The molecule has 1 aliphatic rings. The van der Waals surface area contributed by atoms with Crippen molar-refractivity contribution in [2.45, 2.75) is 32.2 Å². The topological polar surface area (TPSA) is 83.1 Å². The smallest absolute Gasteiger partial charge is 0.226 e.